The predicted molar refractivity (Wildman–Crippen MR) is 101 cm³/mol. The Morgan fingerprint density at radius 1 is 1.29 bits per heavy atom. The number of aliphatic imine (C=N–C) groups is 1. The fourth-order valence-corrected chi connectivity index (χ4v) is 1.72. The zero-order valence-electron chi connectivity index (χ0n) is 13.9. The molecule has 21 heavy (non-hydrogen) atoms. The summed E-state index contributed by atoms with van der Waals surface area (Å²) < 4.78 is 5.92. The van der Waals surface area contributed by atoms with Gasteiger partial charge in [-0.15, -0.1) is 24.0 Å². The van der Waals surface area contributed by atoms with Crippen molar-refractivity contribution in [1.29, 1.82) is 0 Å². The Morgan fingerprint density at radius 2 is 1.90 bits per heavy atom. The van der Waals surface area contributed by atoms with E-state index in [4.69, 9.17) is 4.74 Å². The Bertz CT molecular complexity index is 455. The molecule has 0 aliphatic heterocycles. The zero-order chi connectivity index (χ0) is 15.2. The Morgan fingerprint density at radius 3 is 2.43 bits per heavy atom. The quantitative estimate of drug-likeness (QED) is 0.459. The van der Waals surface area contributed by atoms with Gasteiger partial charge in [0.1, 0.15) is 11.9 Å². The fraction of sp³-hybridized carbons (Fsp3) is 0.562. The van der Waals surface area contributed by atoms with Gasteiger partial charge in [-0.25, -0.2) is 0 Å². The average Bonchev–Trinajstić information content (AvgIpc) is 2.36. The van der Waals surface area contributed by atoms with Gasteiger partial charge in [-0.3, -0.25) is 4.99 Å². The van der Waals surface area contributed by atoms with E-state index >= 15 is 0 Å². The summed E-state index contributed by atoms with van der Waals surface area (Å²) in [6, 6.07) is 8.05. The van der Waals surface area contributed by atoms with Gasteiger partial charge in [0.15, 0.2) is 5.96 Å². The molecule has 1 aromatic carbocycles. The van der Waals surface area contributed by atoms with Crippen LogP contribution in [-0.4, -0.2) is 31.2 Å². The number of guanidine groups is 1. The monoisotopic (exact) mass is 405 g/mol. The van der Waals surface area contributed by atoms with E-state index in [2.05, 4.69) is 49.4 Å². The highest BCUT2D eigenvalue weighted by molar-refractivity contribution is 14.0. The van der Waals surface area contributed by atoms with Crippen LogP contribution in [0.2, 0.25) is 0 Å². The van der Waals surface area contributed by atoms with Crippen molar-refractivity contribution in [2.24, 2.45) is 4.99 Å². The van der Waals surface area contributed by atoms with Gasteiger partial charge in [0.05, 0.1) is 6.54 Å². The van der Waals surface area contributed by atoms with Crippen LogP contribution < -0.4 is 15.4 Å². The Labute approximate surface area is 145 Å². The minimum absolute atomic E-state index is 0. The number of aryl methyl sites for hydroxylation is 1. The maximum atomic E-state index is 5.92. The van der Waals surface area contributed by atoms with E-state index in [1.165, 1.54) is 0 Å². The standard InChI is InChI=1S/C16H27N3O.HI/c1-12-9-7-8-10-14(12)20-13(2)11-18-15(17-6)19-16(3,4)5;/h7-10,13H,11H2,1-6H3,(H2,17,18,19);1H. The highest BCUT2D eigenvalue weighted by atomic mass is 127. The van der Waals surface area contributed by atoms with E-state index in [1.807, 2.05) is 25.1 Å². The summed E-state index contributed by atoms with van der Waals surface area (Å²) >= 11 is 0. The third-order valence-corrected chi connectivity index (χ3v) is 2.70. The number of halogens is 1. The first-order valence-corrected chi connectivity index (χ1v) is 7.03. The second-order valence-corrected chi connectivity index (χ2v) is 6.02. The van der Waals surface area contributed by atoms with Crippen molar-refractivity contribution in [3.05, 3.63) is 29.8 Å². The molecule has 4 nitrogen and oxygen atoms in total. The molecular formula is C16H28IN3O. The lowest BCUT2D eigenvalue weighted by molar-refractivity contribution is 0.222. The number of benzene rings is 1. The van der Waals surface area contributed by atoms with E-state index in [0.29, 0.717) is 6.54 Å². The van der Waals surface area contributed by atoms with Crippen LogP contribution in [0, 0.1) is 6.92 Å². The zero-order valence-corrected chi connectivity index (χ0v) is 16.2. The van der Waals surface area contributed by atoms with Gasteiger partial charge in [-0.2, -0.15) is 0 Å². The molecule has 0 fully saturated rings. The minimum atomic E-state index is -0.0119. The van der Waals surface area contributed by atoms with Crippen LogP contribution in [0.25, 0.3) is 0 Å². The summed E-state index contributed by atoms with van der Waals surface area (Å²) in [6.45, 7) is 11.1. The lowest BCUT2D eigenvalue weighted by Crippen LogP contribution is -2.49. The highest BCUT2D eigenvalue weighted by Gasteiger charge is 2.13. The van der Waals surface area contributed by atoms with Crippen LogP contribution in [0.15, 0.2) is 29.3 Å². The van der Waals surface area contributed by atoms with Crippen LogP contribution in [0.4, 0.5) is 0 Å². The van der Waals surface area contributed by atoms with Crippen molar-refractivity contribution in [2.75, 3.05) is 13.6 Å². The minimum Gasteiger partial charge on any atom is -0.489 e. The summed E-state index contributed by atoms with van der Waals surface area (Å²) in [5, 5.41) is 6.60. The molecule has 0 aliphatic rings. The molecule has 0 amide bonds. The SMILES string of the molecule is CN=C(NCC(C)Oc1ccccc1C)NC(C)(C)C.I. The molecular weight excluding hydrogens is 377 g/mol. The molecule has 1 rings (SSSR count). The third kappa shape index (κ3) is 8.14. The predicted octanol–water partition coefficient (Wildman–Crippen LogP) is 3.34. The lowest BCUT2D eigenvalue weighted by atomic mass is 10.1. The molecule has 1 aromatic rings. The van der Waals surface area contributed by atoms with Crippen LogP contribution >= 0.6 is 24.0 Å². The molecule has 0 bridgehead atoms. The van der Waals surface area contributed by atoms with E-state index in [1.54, 1.807) is 7.05 Å². The summed E-state index contributed by atoms with van der Waals surface area (Å²) in [5.41, 5.74) is 1.14. The number of hydrogen-bond donors (Lipinski definition) is 2. The van der Waals surface area contributed by atoms with Crippen molar-refractivity contribution < 1.29 is 4.74 Å². The van der Waals surface area contributed by atoms with Gasteiger partial charge < -0.3 is 15.4 Å². The van der Waals surface area contributed by atoms with E-state index in [-0.39, 0.29) is 35.6 Å². The van der Waals surface area contributed by atoms with Crippen molar-refractivity contribution in [3.63, 3.8) is 0 Å². The summed E-state index contributed by atoms with van der Waals surface area (Å²) in [5.74, 6) is 1.72. The van der Waals surface area contributed by atoms with Gasteiger partial charge in [0.25, 0.3) is 0 Å². The highest BCUT2D eigenvalue weighted by Crippen LogP contribution is 2.17. The number of para-hydroxylation sites is 1. The average molecular weight is 405 g/mol. The third-order valence-electron chi connectivity index (χ3n) is 2.70. The number of nitrogens with zero attached hydrogens (tertiary/aromatic N) is 1. The van der Waals surface area contributed by atoms with Gasteiger partial charge in [0, 0.05) is 12.6 Å². The first-order valence-electron chi connectivity index (χ1n) is 7.03. The summed E-state index contributed by atoms with van der Waals surface area (Å²) in [4.78, 5) is 4.21. The maximum absolute atomic E-state index is 5.92. The number of nitrogens with one attached hydrogen (secondary N) is 2. The van der Waals surface area contributed by atoms with E-state index in [9.17, 15) is 0 Å². The largest absolute Gasteiger partial charge is 0.489 e. The normalized spacial score (nSPS) is 13.1. The second kappa shape index (κ2) is 9.12. The van der Waals surface area contributed by atoms with Crippen LogP contribution in [0.3, 0.4) is 0 Å². The molecule has 0 saturated heterocycles. The molecule has 0 aliphatic carbocycles. The first kappa shape index (κ1) is 20.0. The fourth-order valence-electron chi connectivity index (χ4n) is 1.72. The maximum Gasteiger partial charge on any atom is 0.191 e. The summed E-state index contributed by atoms with van der Waals surface area (Å²) in [6.07, 6.45) is 0.0645. The number of rotatable bonds is 4. The molecule has 2 N–H and O–H groups in total. The van der Waals surface area contributed by atoms with Gasteiger partial charge in [-0.1, -0.05) is 18.2 Å². The van der Waals surface area contributed by atoms with Gasteiger partial charge >= 0.3 is 0 Å². The van der Waals surface area contributed by atoms with Crippen LogP contribution in [0.5, 0.6) is 5.75 Å². The van der Waals surface area contributed by atoms with Crippen LogP contribution in [0.1, 0.15) is 33.3 Å². The van der Waals surface area contributed by atoms with E-state index in [0.717, 1.165) is 17.3 Å². The van der Waals surface area contributed by atoms with Gasteiger partial charge in [-0.05, 0) is 46.2 Å². The van der Waals surface area contributed by atoms with Crippen molar-refractivity contribution in [3.8, 4) is 5.75 Å². The Hall–Kier alpha value is -0.980. The molecule has 120 valence electrons. The van der Waals surface area contributed by atoms with Crippen molar-refractivity contribution in [2.45, 2.75) is 46.3 Å². The molecule has 5 heteroatoms. The lowest BCUT2D eigenvalue weighted by Gasteiger charge is -2.25. The summed E-state index contributed by atoms with van der Waals surface area (Å²) in [7, 11) is 1.77. The second-order valence-electron chi connectivity index (χ2n) is 6.02. The van der Waals surface area contributed by atoms with Crippen molar-refractivity contribution >= 4 is 29.9 Å². The molecule has 0 saturated carbocycles. The topological polar surface area (TPSA) is 45.7 Å². The van der Waals surface area contributed by atoms with Gasteiger partial charge in [0.2, 0.25) is 0 Å². The number of ether oxygens (including phenoxy) is 1. The Balaban J connectivity index is 0.00000400. The molecule has 1 unspecified atom stereocenters. The van der Waals surface area contributed by atoms with Crippen molar-refractivity contribution in [1.82, 2.24) is 10.6 Å². The number of hydrogen-bond acceptors (Lipinski definition) is 2. The Kier molecular flexibility index (Phi) is 8.70. The van der Waals surface area contributed by atoms with E-state index < -0.39 is 0 Å². The molecule has 0 aromatic heterocycles. The van der Waals surface area contributed by atoms with Crippen LogP contribution in [-0.2, 0) is 0 Å². The molecule has 1 atom stereocenters. The smallest absolute Gasteiger partial charge is 0.191 e. The molecule has 0 radical (unpaired) electrons. The molecule has 0 heterocycles. The molecule has 0 spiro atoms. The first-order chi connectivity index (χ1) is 9.31.